The summed E-state index contributed by atoms with van der Waals surface area (Å²) in [6.07, 6.45) is 7.01. The van der Waals surface area contributed by atoms with Crippen molar-refractivity contribution in [2.75, 3.05) is 0 Å². The molecule has 0 amide bonds. The van der Waals surface area contributed by atoms with Crippen molar-refractivity contribution in [3.05, 3.63) is 34.4 Å². The van der Waals surface area contributed by atoms with E-state index in [2.05, 4.69) is 11.1 Å². The number of hydrogen-bond donors (Lipinski definition) is 0. The Kier molecular flexibility index (Phi) is 2.43. The van der Waals surface area contributed by atoms with Crippen LogP contribution in [0.5, 0.6) is 0 Å². The van der Waals surface area contributed by atoms with E-state index in [-0.39, 0.29) is 0 Å². The fraction of sp³-hybridized carbons (Fsp3) is 0.333. The van der Waals surface area contributed by atoms with E-state index in [1.165, 1.54) is 36.9 Å². The van der Waals surface area contributed by atoms with Gasteiger partial charge in [-0.05, 0) is 0 Å². The zero-order valence-electron chi connectivity index (χ0n) is 8.44. The Balaban J connectivity index is 2.09. The van der Waals surface area contributed by atoms with E-state index in [0.29, 0.717) is 14.7 Å². The van der Waals surface area contributed by atoms with Crippen LogP contribution in [0.25, 0.3) is 11.4 Å². The summed E-state index contributed by atoms with van der Waals surface area (Å²) in [5.41, 5.74) is 3.76. The second-order valence-corrected chi connectivity index (χ2v) is 5.66. The maximum atomic E-state index is 4.69. The number of fused-ring (bicyclic) bond motifs is 1. The van der Waals surface area contributed by atoms with Gasteiger partial charge >= 0.3 is 95.2 Å². The normalized spacial score (nSPS) is 14.9. The Morgan fingerprint density at radius 2 is 2.07 bits per heavy atom. The van der Waals surface area contributed by atoms with Crippen molar-refractivity contribution in [2.45, 2.75) is 25.7 Å². The summed E-state index contributed by atoms with van der Waals surface area (Å²) in [5.74, 6) is 0. The molecule has 2 nitrogen and oxygen atoms in total. The molecule has 0 radical (unpaired) electrons. The van der Waals surface area contributed by atoms with Gasteiger partial charge in [-0.1, -0.05) is 0 Å². The molecule has 0 spiro atoms. The Morgan fingerprint density at radius 3 is 2.93 bits per heavy atom. The third-order valence-electron chi connectivity index (χ3n) is 2.86. The molecular formula is C12H12N2Se. The van der Waals surface area contributed by atoms with Crippen LogP contribution < -0.4 is 0 Å². The van der Waals surface area contributed by atoms with E-state index in [1.807, 2.05) is 18.3 Å². The van der Waals surface area contributed by atoms with E-state index in [4.69, 9.17) is 3.98 Å². The van der Waals surface area contributed by atoms with Crippen molar-refractivity contribution in [2.24, 2.45) is 0 Å². The van der Waals surface area contributed by atoms with Crippen molar-refractivity contribution < 1.29 is 0 Å². The molecule has 3 rings (SSSR count). The van der Waals surface area contributed by atoms with Gasteiger partial charge in [0.05, 0.1) is 0 Å². The molecule has 2 aromatic rings. The molecule has 0 saturated heterocycles. The second kappa shape index (κ2) is 3.91. The van der Waals surface area contributed by atoms with Crippen molar-refractivity contribution in [1.82, 2.24) is 8.96 Å². The first-order valence-corrected chi connectivity index (χ1v) is 6.96. The van der Waals surface area contributed by atoms with Gasteiger partial charge in [0.2, 0.25) is 0 Å². The average molecular weight is 263 g/mol. The standard InChI is InChI=1S/C12H12N2Se/c1-2-7-11-9(5-1)12(14-15-11)10-6-3-4-8-13-10/h3-4,6,8H,1-2,5,7H2. The molecule has 0 N–H and O–H groups in total. The first kappa shape index (κ1) is 9.32. The minimum atomic E-state index is 0.364. The van der Waals surface area contributed by atoms with Crippen LogP contribution in [0.3, 0.4) is 0 Å². The topological polar surface area (TPSA) is 25.8 Å². The molecule has 2 aromatic heterocycles. The molecule has 0 aromatic carbocycles. The van der Waals surface area contributed by atoms with Crippen LogP contribution in [0, 0.1) is 0 Å². The number of aryl methyl sites for hydroxylation is 1. The first-order valence-electron chi connectivity index (χ1n) is 5.34. The van der Waals surface area contributed by atoms with Crippen LogP contribution in [-0.4, -0.2) is 23.7 Å². The van der Waals surface area contributed by atoms with Crippen LogP contribution in [-0.2, 0) is 12.8 Å². The van der Waals surface area contributed by atoms with Gasteiger partial charge < -0.3 is 0 Å². The zero-order valence-corrected chi connectivity index (χ0v) is 10.2. The second-order valence-electron chi connectivity index (χ2n) is 3.85. The van der Waals surface area contributed by atoms with Crippen LogP contribution in [0.2, 0.25) is 0 Å². The third-order valence-corrected chi connectivity index (χ3v) is 4.84. The van der Waals surface area contributed by atoms with Gasteiger partial charge in [-0.15, -0.1) is 0 Å². The van der Waals surface area contributed by atoms with Crippen molar-refractivity contribution in [3.8, 4) is 11.4 Å². The molecule has 0 fully saturated rings. The quantitative estimate of drug-likeness (QED) is 0.736. The Bertz CT molecular complexity index is 462. The number of hydrogen-bond acceptors (Lipinski definition) is 2. The van der Waals surface area contributed by atoms with Crippen LogP contribution in [0.1, 0.15) is 22.8 Å². The number of nitrogens with zero attached hydrogens (tertiary/aromatic N) is 2. The fourth-order valence-electron chi connectivity index (χ4n) is 2.09. The van der Waals surface area contributed by atoms with E-state index in [0.717, 1.165) is 5.69 Å². The van der Waals surface area contributed by atoms with Gasteiger partial charge in [-0.25, -0.2) is 0 Å². The van der Waals surface area contributed by atoms with E-state index in [9.17, 15) is 0 Å². The molecule has 0 atom stereocenters. The molecule has 3 heteroatoms. The van der Waals surface area contributed by atoms with E-state index < -0.39 is 0 Å². The SMILES string of the molecule is c1ccc(-c2n[se]c3c2CCCC3)nc1. The van der Waals surface area contributed by atoms with Crippen LogP contribution >= 0.6 is 0 Å². The summed E-state index contributed by atoms with van der Waals surface area (Å²) in [5, 5.41) is 0. The maximum absolute atomic E-state index is 4.69. The molecule has 0 aliphatic heterocycles. The minimum absolute atomic E-state index is 0.364. The van der Waals surface area contributed by atoms with Gasteiger partial charge in [-0.2, -0.15) is 0 Å². The molecule has 76 valence electrons. The first-order chi connectivity index (χ1) is 7.45. The molecule has 0 saturated carbocycles. The van der Waals surface area contributed by atoms with Crippen molar-refractivity contribution in [3.63, 3.8) is 0 Å². The monoisotopic (exact) mass is 264 g/mol. The molecule has 1 aliphatic rings. The van der Waals surface area contributed by atoms with E-state index in [1.54, 1.807) is 4.44 Å². The molecule has 15 heavy (non-hydrogen) atoms. The molecule has 1 aliphatic carbocycles. The summed E-state index contributed by atoms with van der Waals surface area (Å²) in [4.78, 5) is 4.40. The van der Waals surface area contributed by atoms with Gasteiger partial charge in [0.25, 0.3) is 0 Å². The number of aromatic nitrogens is 2. The molecule has 2 heterocycles. The summed E-state index contributed by atoms with van der Waals surface area (Å²) < 4.78 is 6.31. The Morgan fingerprint density at radius 1 is 1.13 bits per heavy atom. The van der Waals surface area contributed by atoms with Crippen molar-refractivity contribution >= 4 is 14.7 Å². The predicted molar refractivity (Wildman–Crippen MR) is 61.1 cm³/mol. The number of pyridine rings is 1. The Labute approximate surface area is 95.4 Å². The average Bonchev–Trinajstić information content (AvgIpc) is 2.74. The third kappa shape index (κ3) is 1.66. The van der Waals surface area contributed by atoms with Gasteiger partial charge in [0, 0.05) is 0 Å². The van der Waals surface area contributed by atoms with Gasteiger partial charge in [-0.3, -0.25) is 0 Å². The van der Waals surface area contributed by atoms with Gasteiger partial charge in [0.15, 0.2) is 0 Å². The number of rotatable bonds is 1. The fourth-order valence-corrected chi connectivity index (χ4v) is 4.08. The zero-order chi connectivity index (χ0) is 10.1. The predicted octanol–water partition coefficient (Wildman–Crippen LogP) is 2.08. The van der Waals surface area contributed by atoms with Crippen molar-refractivity contribution in [1.29, 1.82) is 0 Å². The molecule has 0 bridgehead atoms. The summed E-state index contributed by atoms with van der Waals surface area (Å²) in [6, 6.07) is 6.07. The van der Waals surface area contributed by atoms with E-state index >= 15 is 0 Å². The molecule has 0 unspecified atom stereocenters. The summed E-state index contributed by atoms with van der Waals surface area (Å²) >= 11 is 0.364. The molecular weight excluding hydrogens is 251 g/mol. The van der Waals surface area contributed by atoms with Crippen LogP contribution in [0.15, 0.2) is 24.4 Å². The summed E-state index contributed by atoms with van der Waals surface area (Å²) in [7, 11) is 0. The Hall–Kier alpha value is -0.921. The summed E-state index contributed by atoms with van der Waals surface area (Å²) in [6.45, 7) is 0. The van der Waals surface area contributed by atoms with Crippen LogP contribution in [0.4, 0.5) is 0 Å². The van der Waals surface area contributed by atoms with Gasteiger partial charge in [0.1, 0.15) is 0 Å².